The molecule has 4 heteroatoms. The highest BCUT2D eigenvalue weighted by Gasteiger charge is 2.18. The minimum atomic E-state index is -1.03. The molecule has 0 amide bonds. The van der Waals surface area contributed by atoms with Crippen molar-refractivity contribution in [2.75, 3.05) is 0 Å². The molecule has 0 atom stereocenters. The van der Waals surface area contributed by atoms with Gasteiger partial charge >= 0.3 is 5.97 Å². The number of hydrogen-bond acceptors (Lipinski definition) is 1. The fourth-order valence-electron chi connectivity index (χ4n) is 2.39. The lowest BCUT2D eigenvalue weighted by atomic mass is 10.0. The van der Waals surface area contributed by atoms with Crippen molar-refractivity contribution in [1.29, 1.82) is 0 Å². The Bertz CT molecular complexity index is 803. The van der Waals surface area contributed by atoms with Crippen LogP contribution in [-0.2, 0) is 0 Å². The molecule has 3 rings (SSSR count). The number of rotatable bonds is 2. The van der Waals surface area contributed by atoms with Gasteiger partial charge in [0.15, 0.2) is 0 Å². The Labute approximate surface area is 114 Å². The highest BCUT2D eigenvalue weighted by molar-refractivity contribution is 6.07. The summed E-state index contributed by atoms with van der Waals surface area (Å²) in [7, 11) is 0. The van der Waals surface area contributed by atoms with Gasteiger partial charge in [0.1, 0.15) is 11.5 Å². The summed E-state index contributed by atoms with van der Waals surface area (Å²) in [6.45, 7) is 1.94. The average Bonchev–Trinajstić information content (AvgIpc) is 2.78. The Morgan fingerprint density at radius 3 is 2.50 bits per heavy atom. The summed E-state index contributed by atoms with van der Waals surface area (Å²) < 4.78 is 13.0. The van der Waals surface area contributed by atoms with Crippen LogP contribution in [0.4, 0.5) is 4.39 Å². The number of hydrogen-bond donors (Lipinski definition) is 2. The molecule has 1 heterocycles. The smallest absolute Gasteiger partial charge is 0.352 e. The van der Waals surface area contributed by atoms with E-state index in [9.17, 15) is 14.3 Å². The number of halogens is 1. The molecule has 1 aromatic heterocycles. The molecule has 2 N–H and O–H groups in total. The topological polar surface area (TPSA) is 53.1 Å². The lowest BCUT2D eigenvalue weighted by Gasteiger charge is -2.02. The summed E-state index contributed by atoms with van der Waals surface area (Å²) in [5, 5.41) is 10.2. The zero-order valence-electron chi connectivity index (χ0n) is 10.8. The van der Waals surface area contributed by atoms with Crippen LogP contribution in [0.5, 0.6) is 0 Å². The van der Waals surface area contributed by atoms with Gasteiger partial charge < -0.3 is 10.1 Å². The van der Waals surface area contributed by atoms with Crippen LogP contribution >= 0.6 is 0 Å². The Balaban J connectivity index is 2.34. The minimum absolute atomic E-state index is 0.122. The lowest BCUT2D eigenvalue weighted by Crippen LogP contribution is -1.98. The molecule has 0 aliphatic carbocycles. The van der Waals surface area contributed by atoms with Gasteiger partial charge in [0, 0.05) is 16.5 Å². The fourth-order valence-corrected chi connectivity index (χ4v) is 2.39. The molecule has 0 saturated heterocycles. The van der Waals surface area contributed by atoms with E-state index < -0.39 is 5.97 Å². The molecule has 0 aliphatic heterocycles. The second-order valence-electron chi connectivity index (χ2n) is 4.74. The number of benzene rings is 2. The molecular weight excluding hydrogens is 257 g/mol. The first kappa shape index (κ1) is 12.4. The third-order valence-corrected chi connectivity index (χ3v) is 3.30. The van der Waals surface area contributed by atoms with E-state index >= 15 is 0 Å². The van der Waals surface area contributed by atoms with Gasteiger partial charge in [-0.1, -0.05) is 24.3 Å². The zero-order valence-corrected chi connectivity index (χ0v) is 10.8. The normalized spacial score (nSPS) is 10.9. The molecule has 0 radical (unpaired) electrons. The van der Waals surface area contributed by atoms with E-state index in [2.05, 4.69) is 4.98 Å². The molecular formula is C16H12FNO2. The zero-order chi connectivity index (χ0) is 14.3. The van der Waals surface area contributed by atoms with Gasteiger partial charge in [-0.3, -0.25) is 0 Å². The Morgan fingerprint density at radius 2 is 1.85 bits per heavy atom. The van der Waals surface area contributed by atoms with Gasteiger partial charge in [-0.15, -0.1) is 0 Å². The maximum Gasteiger partial charge on any atom is 0.352 e. The van der Waals surface area contributed by atoms with Crippen LogP contribution in [0.2, 0.25) is 0 Å². The molecule has 0 fully saturated rings. The predicted molar refractivity (Wildman–Crippen MR) is 75.4 cm³/mol. The van der Waals surface area contributed by atoms with E-state index in [1.54, 1.807) is 12.1 Å². The molecule has 3 nitrogen and oxygen atoms in total. The third kappa shape index (κ3) is 1.95. The average molecular weight is 269 g/mol. The number of carboxylic acid groups (broad SMARTS) is 1. The molecule has 2 aromatic carbocycles. The summed E-state index contributed by atoms with van der Waals surface area (Å²) in [6, 6.07) is 11.5. The van der Waals surface area contributed by atoms with Crippen LogP contribution in [0, 0.1) is 12.7 Å². The van der Waals surface area contributed by atoms with Gasteiger partial charge in [0.05, 0.1) is 0 Å². The first-order valence-corrected chi connectivity index (χ1v) is 6.18. The summed E-state index contributed by atoms with van der Waals surface area (Å²) >= 11 is 0. The number of H-pyrrole nitrogens is 1. The van der Waals surface area contributed by atoms with E-state index in [1.807, 2.05) is 25.1 Å². The van der Waals surface area contributed by atoms with E-state index in [1.165, 1.54) is 12.1 Å². The summed E-state index contributed by atoms with van der Waals surface area (Å²) in [5.74, 6) is -1.38. The quantitative estimate of drug-likeness (QED) is 0.739. The highest BCUT2D eigenvalue weighted by Crippen LogP contribution is 2.33. The van der Waals surface area contributed by atoms with Crippen molar-refractivity contribution in [1.82, 2.24) is 4.98 Å². The van der Waals surface area contributed by atoms with E-state index in [-0.39, 0.29) is 11.5 Å². The standard InChI is InChI=1S/C16H12FNO2/c1-9-2-7-12-13(8-9)18-15(16(19)20)14(12)10-3-5-11(17)6-4-10/h2-8,18H,1H3,(H,19,20). The van der Waals surface area contributed by atoms with Crippen molar-refractivity contribution in [2.24, 2.45) is 0 Å². The number of aromatic amines is 1. The largest absolute Gasteiger partial charge is 0.477 e. The van der Waals surface area contributed by atoms with Crippen LogP contribution < -0.4 is 0 Å². The van der Waals surface area contributed by atoms with Crippen molar-refractivity contribution in [3.8, 4) is 11.1 Å². The van der Waals surface area contributed by atoms with Crippen LogP contribution in [0.25, 0.3) is 22.0 Å². The molecule has 0 bridgehead atoms. The summed E-state index contributed by atoms with van der Waals surface area (Å²) in [6.07, 6.45) is 0. The Kier molecular flexibility index (Phi) is 2.79. The lowest BCUT2D eigenvalue weighted by molar-refractivity contribution is 0.0692. The molecule has 100 valence electrons. The van der Waals surface area contributed by atoms with Crippen LogP contribution in [0.15, 0.2) is 42.5 Å². The first-order chi connectivity index (χ1) is 9.56. The third-order valence-electron chi connectivity index (χ3n) is 3.30. The van der Waals surface area contributed by atoms with Crippen molar-refractivity contribution >= 4 is 16.9 Å². The molecule has 0 spiro atoms. The number of carboxylic acids is 1. The van der Waals surface area contributed by atoms with Crippen molar-refractivity contribution in [2.45, 2.75) is 6.92 Å². The Morgan fingerprint density at radius 1 is 1.15 bits per heavy atom. The number of aryl methyl sites for hydroxylation is 1. The molecule has 0 unspecified atom stereocenters. The van der Waals surface area contributed by atoms with Crippen LogP contribution in [0.3, 0.4) is 0 Å². The molecule has 0 saturated carbocycles. The van der Waals surface area contributed by atoms with Crippen molar-refractivity contribution < 1.29 is 14.3 Å². The van der Waals surface area contributed by atoms with Crippen molar-refractivity contribution in [3.63, 3.8) is 0 Å². The number of aromatic carboxylic acids is 1. The predicted octanol–water partition coefficient (Wildman–Crippen LogP) is 3.98. The number of fused-ring (bicyclic) bond motifs is 1. The highest BCUT2D eigenvalue weighted by atomic mass is 19.1. The first-order valence-electron chi connectivity index (χ1n) is 6.18. The van der Waals surface area contributed by atoms with Gasteiger partial charge in [-0.05, 0) is 36.2 Å². The second kappa shape index (κ2) is 4.49. The van der Waals surface area contributed by atoms with E-state index in [0.29, 0.717) is 11.1 Å². The van der Waals surface area contributed by atoms with Gasteiger partial charge in [0.25, 0.3) is 0 Å². The number of aromatic nitrogens is 1. The summed E-state index contributed by atoms with van der Waals surface area (Å²) in [5.41, 5.74) is 3.20. The van der Waals surface area contributed by atoms with Crippen LogP contribution in [-0.4, -0.2) is 16.1 Å². The molecule has 0 aliphatic rings. The van der Waals surface area contributed by atoms with Crippen molar-refractivity contribution in [3.05, 3.63) is 59.5 Å². The minimum Gasteiger partial charge on any atom is -0.477 e. The van der Waals surface area contributed by atoms with Crippen LogP contribution in [0.1, 0.15) is 16.1 Å². The maximum atomic E-state index is 13.0. The van der Waals surface area contributed by atoms with E-state index in [4.69, 9.17) is 0 Å². The monoisotopic (exact) mass is 269 g/mol. The van der Waals surface area contributed by atoms with Gasteiger partial charge in [-0.2, -0.15) is 0 Å². The second-order valence-corrected chi connectivity index (χ2v) is 4.74. The van der Waals surface area contributed by atoms with Gasteiger partial charge in [0.2, 0.25) is 0 Å². The van der Waals surface area contributed by atoms with Gasteiger partial charge in [-0.25, -0.2) is 9.18 Å². The fraction of sp³-hybridized carbons (Fsp3) is 0.0625. The molecule has 20 heavy (non-hydrogen) atoms. The molecule has 3 aromatic rings. The van der Waals surface area contributed by atoms with E-state index in [0.717, 1.165) is 16.5 Å². The summed E-state index contributed by atoms with van der Waals surface area (Å²) in [4.78, 5) is 14.3. The number of nitrogens with one attached hydrogen (secondary N) is 1. The Hall–Kier alpha value is -2.62. The maximum absolute atomic E-state index is 13.0. The SMILES string of the molecule is Cc1ccc2c(-c3ccc(F)cc3)c(C(=O)O)[nH]c2c1. The number of carbonyl (C=O) groups is 1.